The van der Waals surface area contributed by atoms with Crippen LogP contribution in [0.3, 0.4) is 0 Å². The Labute approximate surface area is 96.0 Å². The molecule has 2 aromatic heterocycles. The van der Waals surface area contributed by atoms with E-state index in [-0.39, 0.29) is 5.82 Å². The highest BCUT2D eigenvalue weighted by Crippen LogP contribution is 2.25. The molecule has 0 amide bonds. The van der Waals surface area contributed by atoms with Crippen molar-refractivity contribution < 1.29 is 14.1 Å². The average Bonchev–Trinajstić information content (AvgIpc) is 2.86. The molecule has 0 aliphatic carbocycles. The number of hydrogen-bond donors (Lipinski definition) is 0. The van der Waals surface area contributed by atoms with Crippen molar-refractivity contribution in [3.63, 3.8) is 0 Å². The van der Waals surface area contributed by atoms with Crippen LogP contribution in [0.5, 0.6) is 0 Å². The van der Waals surface area contributed by atoms with Gasteiger partial charge in [-0.3, -0.25) is 0 Å². The normalized spacial score (nSPS) is 10.4. The van der Waals surface area contributed by atoms with Gasteiger partial charge >= 0.3 is 5.97 Å². The summed E-state index contributed by atoms with van der Waals surface area (Å²) in [6, 6.07) is 0. The fraction of sp³-hybridized carbons (Fsp3) is 0.300. The van der Waals surface area contributed by atoms with Crippen LogP contribution in [-0.2, 0) is 4.74 Å². The smallest absolute Gasteiger partial charge is 0.379 e. The first-order chi connectivity index (χ1) is 7.72. The van der Waals surface area contributed by atoms with Crippen LogP contribution in [0.1, 0.15) is 23.1 Å². The van der Waals surface area contributed by atoms with Gasteiger partial charge in [0.05, 0.1) is 12.2 Å². The molecule has 0 atom stereocenters. The van der Waals surface area contributed by atoms with Gasteiger partial charge in [0.1, 0.15) is 0 Å². The van der Waals surface area contributed by atoms with E-state index in [0.29, 0.717) is 12.5 Å². The number of carbonyl (C=O) groups excluding carboxylic acids is 1. The zero-order valence-electron chi connectivity index (χ0n) is 8.89. The minimum Gasteiger partial charge on any atom is -0.460 e. The first kappa shape index (κ1) is 10.8. The number of aryl methyl sites for hydroxylation is 1. The predicted octanol–water partition coefficient (Wildman–Crippen LogP) is 2.28. The van der Waals surface area contributed by atoms with Crippen molar-refractivity contribution >= 4 is 17.3 Å². The molecular weight excluding hydrogens is 228 g/mol. The van der Waals surface area contributed by atoms with E-state index in [1.54, 1.807) is 18.3 Å². The van der Waals surface area contributed by atoms with Gasteiger partial charge in [-0.1, -0.05) is 0 Å². The van der Waals surface area contributed by atoms with Gasteiger partial charge in [0.2, 0.25) is 0 Å². The van der Waals surface area contributed by atoms with Gasteiger partial charge in [0.15, 0.2) is 0 Å². The predicted molar refractivity (Wildman–Crippen MR) is 58.3 cm³/mol. The van der Waals surface area contributed by atoms with Crippen LogP contribution in [0.25, 0.3) is 11.5 Å². The molecule has 0 N–H and O–H groups in total. The summed E-state index contributed by atoms with van der Waals surface area (Å²) in [5, 5.41) is 7.45. The van der Waals surface area contributed by atoms with E-state index < -0.39 is 5.97 Å². The number of aromatic nitrogens is 2. The molecule has 2 aromatic rings. The Bertz CT molecular complexity index is 504. The van der Waals surface area contributed by atoms with Crippen LogP contribution in [0.2, 0.25) is 0 Å². The Balaban J connectivity index is 2.26. The molecular formula is C10H10N2O3S. The van der Waals surface area contributed by atoms with Crippen LogP contribution in [0, 0.1) is 6.92 Å². The van der Waals surface area contributed by atoms with Gasteiger partial charge in [-0.15, -0.1) is 0 Å². The van der Waals surface area contributed by atoms with Gasteiger partial charge in [0, 0.05) is 5.38 Å². The van der Waals surface area contributed by atoms with Gasteiger partial charge in [0.25, 0.3) is 11.7 Å². The molecule has 5 nitrogen and oxygen atoms in total. The third-order valence-corrected chi connectivity index (χ3v) is 2.83. The lowest BCUT2D eigenvalue weighted by Crippen LogP contribution is -2.06. The van der Waals surface area contributed by atoms with Gasteiger partial charge in [-0.25, -0.2) is 4.79 Å². The third-order valence-electron chi connectivity index (χ3n) is 1.97. The number of thiophene rings is 1. The molecule has 0 saturated heterocycles. The summed E-state index contributed by atoms with van der Waals surface area (Å²) < 4.78 is 9.77. The molecule has 2 heterocycles. The molecule has 0 unspecified atom stereocenters. The number of nitrogens with zero attached hydrogens (tertiary/aromatic N) is 2. The second kappa shape index (κ2) is 4.44. The number of carbonyl (C=O) groups is 1. The summed E-state index contributed by atoms with van der Waals surface area (Å²) in [5.74, 6) is -0.255. The lowest BCUT2D eigenvalue weighted by molar-refractivity contribution is 0.0508. The molecule has 84 valence electrons. The van der Waals surface area contributed by atoms with Crippen LogP contribution >= 0.6 is 11.3 Å². The number of rotatable bonds is 3. The Kier molecular flexibility index (Phi) is 3.00. The Morgan fingerprint density at radius 3 is 3.00 bits per heavy atom. The Hall–Kier alpha value is -1.69. The van der Waals surface area contributed by atoms with Crippen molar-refractivity contribution in [2.24, 2.45) is 0 Å². The third kappa shape index (κ3) is 1.96. The first-order valence-electron chi connectivity index (χ1n) is 4.76. The number of ether oxygens (including phenoxy) is 1. The van der Waals surface area contributed by atoms with Crippen LogP contribution in [0.15, 0.2) is 15.3 Å². The van der Waals surface area contributed by atoms with E-state index in [4.69, 9.17) is 9.26 Å². The SMILES string of the molecule is CCOC(=O)c1noc(-c2cscc2C)n1. The molecule has 0 saturated carbocycles. The second-order valence-electron chi connectivity index (χ2n) is 3.11. The highest BCUT2D eigenvalue weighted by atomic mass is 32.1. The largest absolute Gasteiger partial charge is 0.460 e. The zero-order valence-corrected chi connectivity index (χ0v) is 9.71. The van der Waals surface area contributed by atoms with Gasteiger partial charge in [-0.05, 0) is 29.9 Å². The lowest BCUT2D eigenvalue weighted by Gasteiger charge is -1.93. The van der Waals surface area contributed by atoms with Crippen molar-refractivity contribution in [3.05, 3.63) is 22.1 Å². The van der Waals surface area contributed by atoms with Crippen LogP contribution < -0.4 is 0 Å². The van der Waals surface area contributed by atoms with Gasteiger partial charge < -0.3 is 9.26 Å². The van der Waals surface area contributed by atoms with Crippen molar-refractivity contribution in [2.45, 2.75) is 13.8 Å². The summed E-state index contributed by atoms with van der Waals surface area (Å²) in [4.78, 5) is 15.3. The maximum atomic E-state index is 11.3. The highest BCUT2D eigenvalue weighted by Gasteiger charge is 2.17. The van der Waals surface area contributed by atoms with Crippen molar-refractivity contribution in [1.82, 2.24) is 10.1 Å². The molecule has 6 heteroatoms. The Morgan fingerprint density at radius 2 is 2.38 bits per heavy atom. The molecule has 2 rings (SSSR count). The van der Waals surface area contributed by atoms with E-state index in [9.17, 15) is 4.79 Å². The fourth-order valence-electron chi connectivity index (χ4n) is 1.19. The maximum Gasteiger partial charge on any atom is 0.379 e. The molecule has 0 spiro atoms. The molecule has 0 bridgehead atoms. The molecule has 0 radical (unpaired) electrons. The summed E-state index contributed by atoms with van der Waals surface area (Å²) in [6.07, 6.45) is 0. The summed E-state index contributed by atoms with van der Waals surface area (Å²) in [5.41, 5.74) is 1.90. The molecule has 16 heavy (non-hydrogen) atoms. The molecule has 0 aliphatic rings. The van der Waals surface area contributed by atoms with Crippen LogP contribution in [-0.4, -0.2) is 22.7 Å². The number of hydrogen-bond acceptors (Lipinski definition) is 6. The maximum absolute atomic E-state index is 11.3. The van der Waals surface area contributed by atoms with E-state index in [2.05, 4.69) is 10.1 Å². The van der Waals surface area contributed by atoms with Crippen molar-refractivity contribution in [1.29, 1.82) is 0 Å². The molecule has 0 aliphatic heterocycles. The topological polar surface area (TPSA) is 65.2 Å². The summed E-state index contributed by atoms with van der Waals surface area (Å²) in [6.45, 7) is 3.96. The molecule has 0 aromatic carbocycles. The number of esters is 1. The average molecular weight is 238 g/mol. The Morgan fingerprint density at radius 1 is 1.56 bits per heavy atom. The van der Waals surface area contributed by atoms with Crippen molar-refractivity contribution in [3.8, 4) is 11.5 Å². The first-order valence-corrected chi connectivity index (χ1v) is 5.70. The van der Waals surface area contributed by atoms with Crippen molar-refractivity contribution in [2.75, 3.05) is 6.61 Å². The fourth-order valence-corrected chi connectivity index (χ4v) is 2.01. The quantitative estimate of drug-likeness (QED) is 0.767. The lowest BCUT2D eigenvalue weighted by atomic mass is 10.2. The van der Waals surface area contributed by atoms with E-state index in [1.165, 1.54) is 0 Å². The second-order valence-corrected chi connectivity index (χ2v) is 3.86. The van der Waals surface area contributed by atoms with E-state index >= 15 is 0 Å². The minimum atomic E-state index is -0.564. The highest BCUT2D eigenvalue weighted by molar-refractivity contribution is 7.08. The van der Waals surface area contributed by atoms with Crippen LogP contribution in [0.4, 0.5) is 0 Å². The summed E-state index contributed by atoms with van der Waals surface area (Å²) >= 11 is 1.55. The summed E-state index contributed by atoms with van der Waals surface area (Å²) in [7, 11) is 0. The minimum absolute atomic E-state index is 0.0394. The zero-order chi connectivity index (χ0) is 11.5. The molecule has 0 fully saturated rings. The monoisotopic (exact) mass is 238 g/mol. The van der Waals surface area contributed by atoms with Gasteiger partial charge in [-0.2, -0.15) is 16.3 Å². The van der Waals surface area contributed by atoms with E-state index in [1.807, 2.05) is 17.7 Å². The standard InChI is InChI=1S/C10H10N2O3S/c1-3-14-10(13)8-11-9(15-12-8)7-5-16-4-6(7)2/h4-5H,3H2,1-2H3. The van der Waals surface area contributed by atoms with E-state index in [0.717, 1.165) is 11.1 Å².